The number of fused-ring (bicyclic) bond motifs is 1. The van der Waals surface area contributed by atoms with Gasteiger partial charge in [0.25, 0.3) is 0 Å². The van der Waals surface area contributed by atoms with Gasteiger partial charge in [-0.25, -0.2) is 0 Å². The van der Waals surface area contributed by atoms with Crippen molar-refractivity contribution >= 4 is 24.9 Å². The molecular weight excluding hydrogens is 232 g/mol. The predicted octanol–water partition coefficient (Wildman–Crippen LogP) is 5.28. The van der Waals surface area contributed by atoms with Crippen molar-refractivity contribution in [2.24, 2.45) is 0 Å². The van der Waals surface area contributed by atoms with Gasteiger partial charge in [0.2, 0.25) is 0 Å². The van der Waals surface area contributed by atoms with Crippen molar-refractivity contribution in [3.63, 3.8) is 0 Å². The summed E-state index contributed by atoms with van der Waals surface area (Å²) in [6, 6.07) is 15.0. The first-order valence-corrected chi connectivity index (χ1v) is 9.89. The van der Waals surface area contributed by atoms with Crippen molar-refractivity contribution in [2.45, 2.75) is 26.6 Å². The molecule has 2 aromatic rings. The van der Waals surface area contributed by atoms with Gasteiger partial charge in [-0.15, -0.1) is 5.73 Å². The van der Waals surface area contributed by atoms with Crippen LogP contribution in [0.4, 0.5) is 0 Å². The minimum Gasteiger partial charge on any atom is -0.126 e. The van der Waals surface area contributed by atoms with Crippen molar-refractivity contribution < 1.29 is 0 Å². The smallest absolute Gasteiger partial charge is 0.0819 e. The molecule has 0 unspecified atom stereocenters. The zero-order valence-electron chi connectivity index (χ0n) is 11.6. The molecule has 1 heteroatoms. The summed E-state index contributed by atoms with van der Waals surface area (Å²) in [7, 11) is -1.19. The lowest BCUT2D eigenvalue weighted by atomic mass is 10.1. The van der Waals surface area contributed by atoms with Gasteiger partial charge >= 0.3 is 0 Å². The van der Waals surface area contributed by atoms with Crippen LogP contribution < -0.4 is 0 Å². The third kappa shape index (κ3) is 3.01. The minimum atomic E-state index is -1.19. The van der Waals surface area contributed by atoms with E-state index in [1.807, 2.05) is 0 Å². The maximum absolute atomic E-state index is 3.46. The van der Waals surface area contributed by atoms with E-state index in [-0.39, 0.29) is 0 Å². The Hall–Kier alpha value is -1.56. The van der Waals surface area contributed by atoms with Crippen molar-refractivity contribution in [1.82, 2.24) is 0 Å². The number of rotatable bonds is 2. The van der Waals surface area contributed by atoms with Crippen LogP contribution >= 0.6 is 0 Å². The Labute approximate surface area is 111 Å². The molecule has 0 N–H and O–H groups in total. The summed E-state index contributed by atoms with van der Waals surface area (Å²) in [5.41, 5.74) is 4.68. The van der Waals surface area contributed by atoms with Crippen molar-refractivity contribution in [2.75, 3.05) is 0 Å². The zero-order chi connectivity index (χ0) is 13.2. The highest BCUT2D eigenvalue weighted by molar-refractivity contribution is 6.82. The number of benzene rings is 2. The molecule has 2 aromatic carbocycles. The molecule has 0 fully saturated rings. The highest BCUT2D eigenvalue weighted by Gasteiger charge is 2.14. The molecule has 0 aliphatic heterocycles. The molecule has 0 atom stereocenters. The minimum absolute atomic E-state index is 1.19. The Morgan fingerprint density at radius 3 is 2.33 bits per heavy atom. The van der Waals surface area contributed by atoms with Crippen LogP contribution in [0.1, 0.15) is 12.5 Å². The van der Waals surface area contributed by atoms with Gasteiger partial charge in [0, 0.05) is 0 Å². The third-order valence-electron chi connectivity index (χ3n) is 3.35. The molecule has 0 radical (unpaired) electrons. The summed E-state index contributed by atoms with van der Waals surface area (Å²) in [6.45, 7) is 9.25. The number of hydrogen-bond donors (Lipinski definition) is 0. The number of hydrogen-bond acceptors (Lipinski definition) is 0. The quantitative estimate of drug-likeness (QED) is 0.504. The lowest BCUT2D eigenvalue weighted by molar-refractivity contribution is 1.55. The van der Waals surface area contributed by atoms with Gasteiger partial charge in [0.15, 0.2) is 0 Å². The normalized spacial score (nSPS) is 11.1. The van der Waals surface area contributed by atoms with E-state index in [0.29, 0.717) is 0 Å². The van der Waals surface area contributed by atoms with Gasteiger partial charge in [-0.2, -0.15) is 0 Å². The topological polar surface area (TPSA) is 0 Å². The third-order valence-corrected chi connectivity index (χ3v) is 5.75. The molecule has 0 aliphatic rings. The molecule has 0 saturated heterocycles. The van der Waals surface area contributed by atoms with E-state index in [9.17, 15) is 0 Å². The Bertz CT molecular complexity index is 623. The van der Waals surface area contributed by atoms with Crippen molar-refractivity contribution in [3.05, 3.63) is 59.0 Å². The van der Waals surface area contributed by atoms with Crippen LogP contribution in [0.25, 0.3) is 16.8 Å². The summed E-state index contributed by atoms with van der Waals surface area (Å²) in [4.78, 5) is 0. The fraction of sp³-hybridized carbons (Fsp3) is 0.235. The summed E-state index contributed by atoms with van der Waals surface area (Å²) in [5, 5.41) is 4.00. The van der Waals surface area contributed by atoms with Crippen LogP contribution in [0.2, 0.25) is 19.6 Å². The Kier molecular flexibility index (Phi) is 3.56. The lowest BCUT2D eigenvalue weighted by Crippen LogP contribution is -2.21. The van der Waals surface area contributed by atoms with E-state index in [4.69, 9.17) is 0 Å². The maximum atomic E-state index is 3.46. The average molecular weight is 252 g/mol. The van der Waals surface area contributed by atoms with Gasteiger partial charge in [-0.1, -0.05) is 56.0 Å². The predicted molar refractivity (Wildman–Crippen MR) is 84.5 cm³/mol. The van der Waals surface area contributed by atoms with Gasteiger partial charge in [0.1, 0.15) is 0 Å². The van der Waals surface area contributed by atoms with E-state index in [0.717, 1.165) is 0 Å². The first kappa shape index (κ1) is 12.9. The largest absolute Gasteiger partial charge is 0.126 e. The molecule has 0 bridgehead atoms. The van der Waals surface area contributed by atoms with Crippen molar-refractivity contribution in [1.29, 1.82) is 0 Å². The van der Waals surface area contributed by atoms with Gasteiger partial charge in [-0.05, 0) is 40.6 Å². The average Bonchev–Trinajstić information content (AvgIpc) is 2.34. The van der Waals surface area contributed by atoms with Crippen LogP contribution in [0.3, 0.4) is 0 Å². The zero-order valence-corrected chi connectivity index (χ0v) is 12.6. The highest BCUT2D eigenvalue weighted by Crippen LogP contribution is 2.17. The molecule has 0 spiro atoms. The van der Waals surface area contributed by atoms with E-state index in [1.54, 1.807) is 0 Å². The van der Waals surface area contributed by atoms with Crippen LogP contribution in [-0.2, 0) is 0 Å². The second-order valence-electron chi connectivity index (χ2n) is 5.77. The number of allylic oxidation sites excluding steroid dienone is 1. The van der Waals surface area contributed by atoms with E-state index in [2.05, 4.69) is 80.8 Å². The Morgan fingerprint density at radius 2 is 1.67 bits per heavy atom. The molecule has 92 valence electrons. The Balaban J connectivity index is 2.41. The second-order valence-corrected chi connectivity index (χ2v) is 11.0. The fourth-order valence-electron chi connectivity index (χ4n) is 1.71. The molecule has 18 heavy (non-hydrogen) atoms. The van der Waals surface area contributed by atoms with Crippen LogP contribution in [0.15, 0.2) is 53.4 Å². The van der Waals surface area contributed by atoms with Crippen LogP contribution in [-0.4, -0.2) is 8.07 Å². The Morgan fingerprint density at radius 1 is 1.00 bits per heavy atom. The first-order valence-electron chi connectivity index (χ1n) is 6.39. The SMILES string of the molecule is CC(=C=Cc1ccc2ccccc2c1)[Si](C)(C)C. The molecular formula is C17H20Si. The van der Waals surface area contributed by atoms with Gasteiger partial charge in [-0.3, -0.25) is 0 Å². The van der Waals surface area contributed by atoms with Crippen LogP contribution in [0.5, 0.6) is 0 Å². The monoisotopic (exact) mass is 252 g/mol. The standard InChI is InChI=1S/C17H20Si/c1-14(18(2,3)4)9-10-15-11-12-16-7-5-6-8-17(16)13-15/h5-8,10-13H,1-4H3. The lowest BCUT2D eigenvalue weighted by Gasteiger charge is -2.13. The summed E-state index contributed by atoms with van der Waals surface area (Å²) >= 11 is 0. The molecule has 0 aromatic heterocycles. The van der Waals surface area contributed by atoms with E-state index in [1.165, 1.54) is 21.5 Å². The van der Waals surface area contributed by atoms with Crippen LogP contribution in [0, 0.1) is 0 Å². The van der Waals surface area contributed by atoms with Gasteiger partial charge in [0.05, 0.1) is 8.07 Å². The second kappa shape index (κ2) is 4.97. The van der Waals surface area contributed by atoms with E-state index < -0.39 is 8.07 Å². The maximum Gasteiger partial charge on any atom is 0.0819 e. The van der Waals surface area contributed by atoms with Crippen molar-refractivity contribution in [3.8, 4) is 0 Å². The summed E-state index contributed by atoms with van der Waals surface area (Å²) in [5.74, 6) is 0. The highest BCUT2D eigenvalue weighted by atomic mass is 28.3. The summed E-state index contributed by atoms with van der Waals surface area (Å²) < 4.78 is 0. The molecule has 0 amide bonds. The van der Waals surface area contributed by atoms with E-state index >= 15 is 0 Å². The molecule has 0 aliphatic carbocycles. The summed E-state index contributed by atoms with van der Waals surface area (Å²) in [6.07, 6.45) is 2.11. The molecule has 0 heterocycles. The molecule has 0 nitrogen and oxygen atoms in total. The first-order chi connectivity index (χ1) is 8.47. The molecule has 2 rings (SSSR count). The molecule has 0 saturated carbocycles. The fourth-order valence-corrected chi connectivity index (χ4v) is 2.21. The van der Waals surface area contributed by atoms with Gasteiger partial charge < -0.3 is 0 Å².